The minimum atomic E-state index is -1.03. The highest BCUT2D eigenvalue weighted by molar-refractivity contribution is 7.12. The Hall–Kier alpha value is -1.66. The van der Waals surface area contributed by atoms with Crippen molar-refractivity contribution in [3.05, 3.63) is 28.0 Å². The van der Waals surface area contributed by atoms with Crippen molar-refractivity contribution >= 4 is 29.3 Å². The van der Waals surface area contributed by atoms with Gasteiger partial charge in [-0.1, -0.05) is 0 Å². The quantitative estimate of drug-likeness (QED) is 0.835. The zero-order valence-electron chi connectivity index (χ0n) is 11.2. The molecule has 6 heteroatoms. The van der Waals surface area contributed by atoms with Crippen LogP contribution in [0.5, 0.6) is 0 Å². The Labute approximate surface area is 121 Å². The molecule has 2 rings (SSSR count). The third-order valence-corrected chi connectivity index (χ3v) is 4.09. The molecule has 0 aromatic carbocycles. The molecule has 1 amide bonds. The average molecular weight is 295 g/mol. The third kappa shape index (κ3) is 3.68. The summed E-state index contributed by atoms with van der Waals surface area (Å²) in [7, 11) is 0. The summed E-state index contributed by atoms with van der Waals surface area (Å²) < 4.78 is 5.41. The van der Waals surface area contributed by atoms with E-state index in [1.54, 1.807) is 11.4 Å². The second kappa shape index (κ2) is 6.19. The molecule has 108 valence electrons. The maximum atomic E-state index is 12.3. The zero-order valence-corrected chi connectivity index (χ0v) is 12.0. The summed E-state index contributed by atoms with van der Waals surface area (Å²) in [5.74, 6) is -1.21. The first-order valence-electron chi connectivity index (χ1n) is 6.39. The van der Waals surface area contributed by atoms with Crippen molar-refractivity contribution in [2.75, 3.05) is 13.2 Å². The first kappa shape index (κ1) is 14.7. The van der Waals surface area contributed by atoms with E-state index in [1.807, 2.05) is 6.92 Å². The van der Waals surface area contributed by atoms with E-state index in [-0.39, 0.29) is 11.4 Å². The SMILES string of the molecule is CC1(NC(=O)c2sccc2/C=C/C(=O)O)CCCOC1. The van der Waals surface area contributed by atoms with Gasteiger partial charge in [-0.05, 0) is 42.9 Å². The number of rotatable bonds is 4. The molecule has 1 atom stereocenters. The Bertz CT molecular complexity index is 529. The van der Waals surface area contributed by atoms with Crippen LogP contribution in [-0.4, -0.2) is 35.7 Å². The van der Waals surface area contributed by atoms with Gasteiger partial charge in [-0.25, -0.2) is 4.79 Å². The number of ether oxygens (including phenoxy) is 1. The van der Waals surface area contributed by atoms with Gasteiger partial charge in [0, 0.05) is 12.7 Å². The molecular weight excluding hydrogens is 278 g/mol. The maximum Gasteiger partial charge on any atom is 0.328 e. The predicted octanol–water partition coefficient (Wildman–Crippen LogP) is 2.14. The van der Waals surface area contributed by atoms with Crippen LogP contribution in [0.15, 0.2) is 17.5 Å². The molecule has 0 aliphatic carbocycles. The van der Waals surface area contributed by atoms with Gasteiger partial charge < -0.3 is 15.2 Å². The first-order chi connectivity index (χ1) is 9.50. The summed E-state index contributed by atoms with van der Waals surface area (Å²) in [4.78, 5) is 23.4. The molecule has 2 heterocycles. The number of hydrogen-bond donors (Lipinski definition) is 2. The summed E-state index contributed by atoms with van der Waals surface area (Å²) in [5, 5.41) is 13.4. The number of carbonyl (C=O) groups is 2. The van der Waals surface area contributed by atoms with Crippen LogP contribution in [0.4, 0.5) is 0 Å². The number of aliphatic carboxylic acids is 1. The molecule has 0 radical (unpaired) electrons. The third-order valence-electron chi connectivity index (χ3n) is 3.16. The fraction of sp³-hybridized carbons (Fsp3) is 0.429. The van der Waals surface area contributed by atoms with E-state index in [0.717, 1.165) is 25.5 Å². The van der Waals surface area contributed by atoms with Gasteiger partial charge in [-0.2, -0.15) is 0 Å². The molecule has 0 spiro atoms. The highest BCUT2D eigenvalue weighted by Crippen LogP contribution is 2.22. The molecule has 1 aliphatic rings. The van der Waals surface area contributed by atoms with Crippen LogP contribution < -0.4 is 5.32 Å². The van der Waals surface area contributed by atoms with E-state index >= 15 is 0 Å². The minimum Gasteiger partial charge on any atom is -0.478 e. The second-order valence-corrected chi connectivity index (χ2v) is 5.96. The van der Waals surface area contributed by atoms with Crippen molar-refractivity contribution in [3.8, 4) is 0 Å². The highest BCUT2D eigenvalue weighted by Gasteiger charge is 2.30. The van der Waals surface area contributed by atoms with Crippen LogP contribution in [0.2, 0.25) is 0 Å². The molecule has 1 aliphatic heterocycles. The van der Waals surface area contributed by atoms with Gasteiger partial charge in [0.05, 0.1) is 17.0 Å². The Morgan fingerprint density at radius 3 is 3.00 bits per heavy atom. The van der Waals surface area contributed by atoms with Crippen molar-refractivity contribution in [1.29, 1.82) is 0 Å². The Kier molecular flexibility index (Phi) is 4.57. The normalized spacial score (nSPS) is 22.9. The van der Waals surface area contributed by atoms with Crippen LogP contribution in [-0.2, 0) is 9.53 Å². The average Bonchev–Trinajstić information content (AvgIpc) is 2.85. The van der Waals surface area contributed by atoms with Crippen molar-refractivity contribution in [3.63, 3.8) is 0 Å². The van der Waals surface area contributed by atoms with Crippen molar-refractivity contribution < 1.29 is 19.4 Å². The minimum absolute atomic E-state index is 0.182. The van der Waals surface area contributed by atoms with E-state index in [4.69, 9.17) is 9.84 Å². The van der Waals surface area contributed by atoms with Gasteiger partial charge in [0.1, 0.15) is 0 Å². The number of nitrogens with one attached hydrogen (secondary N) is 1. The highest BCUT2D eigenvalue weighted by atomic mass is 32.1. The molecule has 1 fully saturated rings. The molecule has 1 saturated heterocycles. The lowest BCUT2D eigenvalue weighted by atomic mass is 9.94. The van der Waals surface area contributed by atoms with E-state index in [2.05, 4.69) is 5.32 Å². The van der Waals surface area contributed by atoms with E-state index < -0.39 is 5.97 Å². The smallest absolute Gasteiger partial charge is 0.328 e. The number of thiophene rings is 1. The van der Waals surface area contributed by atoms with Gasteiger partial charge in [0.2, 0.25) is 0 Å². The number of carbonyl (C=O) groups excluding carboxylic acids is 1. The lowest BCUT2D eigenvalue weighted by molar-refractivity contribution is -0.131. The largest absolute Gasteiger partial charge is 0.478 e. The molecule has 0 bridgehead atoms. The molecular formula is C14H17NO4S. The molecule has 1 aromatic rings. The Morgan fingerprint density at radius 1 is 1.55 bits per heavy atom. The maximum absolute atomic E-state index is 12.3. The van der Waals surface area contributed by atoms with Gasteiger partial charge in [-0.3, -0.25) is 4.79 Å². The second-order valence-electron chi connectivity index (χ2n) is 5.05. The molecule has 1 unspecified atom stereocenters. The van der Waals surface area contributed by atoms with Gasteiger partial charge in [0.15, 0.2) is 0 Å². The summed E-state index contributed by atoms with van der Waals surface area (Å²) in [6, 6.07) is 1.73. The van der Waals surface area contributed by atoms with Crippen molar-refractivity contribution in [1.82, 2.24) is 5.32 Å². The van der Waals surface area contributed by atoms with Gasteiger partial charge in [0.25, 0.3) is 5.91 Å². The summed E-state index contributed by atoms with van der Waals surface area (Å²) in [6.45, 7) is 3.20. The van der Waals surface area contributed by atoms with Crippen LogP contribution in [0.1, 0.15) is 35.0 Å². The van der Waals surface area contributed by atoms with Crippen molar-refractivity contribution in [2.45, 2.75) is 25.3 Å². The van der Waals surface area contributed by atoms with E-state index in [1.165, 1.54) is 17.4 Å². The molecule has 0 saturated carbocycles. The monoisotopic (exact) mass is 295 g/mol. The van der Waals surface area contributed by atoms with Crippen LogP contribution in [0, 0.1) is 0 Å². The van der Waals surface area contributed by atoms with Crippen LogP contribution in [0.25, 0.3) is 6.08 Å². The first-order valence-corrected chi connectivity index (χ1v) is 7.27. The van der Waals surface area contributed by atoms with Gasteiger partial charge in [-0.15, -0.1) is 11.3 Å². The number of amides is 1. The fourth-order valence-corrected chi connectivity index (χ4v) is 2.94. The predicted molar refractivity (Wildman–Crippen MR) is 76.9 cm³/mol. The summed E-state index contributed by atoms with van der Waals surface area (Å²) in [5.41, 5.74) is 0.267. The lowest BCUT2D eigenvalue weighted by Crippen LogP contribution is -2.51. The standard InChI is InChI=1S/C14H17NO4S/c1-14(6-2-7-19-9-14)15-13(18)12-10(5-8-20-12)3-4-11(16)17/h3-5,8H,2,6-7,9H2,1H3,(H,15,18)(H,16,17)/b4-3+. The van der Waals surface area contributed by atoms with Crippen molar-refractivity contribution in [2.24, 2.45) is 0 Å². The van der Waals surface area contributed by atoms with E-state index in [0.29, 0.717) is 17.0 Å². The number of carboxylic acids is 1. The van der Waals surface area contributed by atoms with E-state index in [9.17, 15) is 9.59 Å². The van der Waals surface area contributed by atoms with Crippen LogP contribution >= 0.6 is 11.3 Å². The topological polar surface area (TPSA) is 75.6 Å². The molecule has 1 aromatic heterocycles. The van der Waals surface area contributed by atoms with Gasteiger partial charge >= 0.3 is 5.97 Å². The zero-order chi connectivity index (χ0) is 14.6. The Balaban J connectivity index is 2.09. The molecule has 20 heavy (non-hydrogen) atoms. The molecule has 5 nitrogen and oxygen atoms in total. The summed E-state index contributed by atoms with van der Waals surface area (Å²) >= 11 is 1.30. The fourth-order valence-electron chi connectivity index (χ4n) is 2.16. The number of hydrogen-bond acceptors (Lipinski definition) is 4. The molecule has 2 N–H and O–H groups in total. The summed E-state index contributed by atoms with van der Waals surface area (Å²) in [6.07, 6.45) is 4.27. The van der Waals surface area contributed by atoms with Crippen LogP contribution in [0.3, 0.4) is 0 Å². The number of carboxylic acid groups (broad SMARTS) is 1. The lowest BCUT2D eigenvalue weighted by Gasteiger charge is -2.34. The Morgan fingerprint density at radius 2 is 2.35 bits per heavy atom.